The van der Waals surface area contributed by atoms with Crippen LogP contribution in [0.4, 0.5) is 4.39 Å². The highest BCUT2D eigenvalue weighted by molar-refractivity contribution is 6.31. The quantitative estimate of drug-likeness (QED) is 0.838. The van der Waals surface area contributed by atoms with Crippen molar-refractivity contribution in [3.63, 3.8) is 0 Å². The molecule has 0 aliphatic rings. The number of benzene rings is 1. The second-order valence-electron chi connectivity index (χ2n) is 3.50. The summed E-state index contributed by atoms with van der Waals surface area (Å²) in [6.45, 7) is 0.570. The molecular weight excluding hydrogens is 203 g/mol. The Morgan fingerprint density at radius 3 is 2.64 bits per heavy atom. The molecule has 2 nitrogen and oxygen atoms in total. The number of nitrogens with zero attached hydrogens (tertiary/aromatic N) is 1. The second kappa shape index (κ2) is 4.73. The van der Waals surface area contributed by atoms with Crippen molar-refractivity contribution in [2.45, 2.75) is 6.04 Å². The van der Waals surface area contributed by atoms with Crippen LogP contribution in [0, 0.1) is 5.82 Å². The van der Waals surface area contributed by atoms with Crippen LogP contribution in [0.5, 0.6) is 0 Å². The van der Waals surface area contributed by atoms with E-state index in [1.54, 1.807) is 12.1 Å². The Balaban J connectivity index is 2.94. The maximum absolute atomic E-state index is 13.4. The van der Waals surface area contributed by atoms with Gasteiger partial charge in [0.15, 0.2) is 0 Å². The zero-order valence-electron chi connectivity index (χ0n) is 8.30. The molecule has 1 rings (SSSR count). The zero-order chi connectivity index (χ0) is 10.7. The molecular formula is C10H14ClFN2. The largest absolute Gasteiger partial charge is 0.323 e. The van der Waals surface area contributed by atoms with Crippen LogP contribution in [0.3, 0.4) is 0 Å². The van der Waals surface area contributed by atoms with Gasteiger partial charge in [0.2, 0.25) is 0 Å². The average Bonchev–Trinajstić information content (AvgIpc) is 2.01. The minimum atomic E-state index is -0.390. The van der Waals surface area contributed by atoms with Gasteiger partial charge in [0, 0.05) is 23.2 Å². The number of rotatable bonds is 3. The molecule has 0 fully saturated rings. The van der Waals surface area contributed by atoms with Crippen molar-refractivity contribution >= 4 is 11.6 Å². The van der Waals surface area contributed by atoms with E-state index in [0.29, 0.717) is 17.1 Å². The molecule has 0 heterocycles. The first-order valence-corrected chi connectivity index (χ1v) is 4.74. The number of hydrogen-bond acceptors (Lipinski definition) is 2. The van der Waals surface area contributed by atoms with Gasteiger partial charge < -0.3 is 10.6 Å². The Kier molecular flexibility index (Phi) is 3.86. The first-order chi connectivity index (χ1) is 6.52. The van der Waals surface area contributed by atoms with Crippen LogP contribution in [0.1, 0.15) is 11.6 Å². The summed E-state index contributed by atoms with van der Waals surface area (Å²) in [5.41, 5.74) is 6.22. The molecule has 0 aliphatic carbocycles. The third kappa shape index (κ3) is 2.67. The van der Waals surface area contributed by atoms with Gasteiger partial charge in [-0.05, 0) is 26.2 Å². The fourth-order valence-electron chi connectivity index (χ4n) is 1.35. The van der Waals surface area contributed by atoms with Crippen LogP contribution in [0.25, 0.3) is 0 Å². The molecule has 0 bridgehead atoms. The van der Waals surface area contributed by atoms with Crippen molar-refractivity contribution in [2.24, 2.45) is 5.73 Å². The van der Waals surface area contributed by atoms with Crippen molar-refractivity contribution in [1.29, 1.82) is 0 Å². The standard InChI is InChI=1S/C10H14ClFN2/c1-14(2)6-9(13)10-7(11)4-3-5-8(10)12/h3-5,9H,6,13H2,1-2H3. The molecule has 78 valence electrons. The summed E-state index contributed by atoms with van der Waals surface area (Å²) in [7, 11) is 3.77. The van der Waals surface area contributed by atoms with Crippen molar-refractivity contribution in [1.82, 2.24) is 4.90 Å². The molecule has 1 atom stereocenters. The highest BCUT2D eigenvalue weighted by Crippen LogP contribution is 2.24. The highest BCUT2D eigenvalue weighted by atomic mass is 35.5. The van der Waals surface area contributed by atoms with Gasteiger partial charge in [-0.15, -0.1) is 0 Å². The molecule has 1 aromatic rings. The summed E-state index contributed by atoms with van der Waals surface area (Å²) in [6, 6.07) is 4.20. The maximum atomic E-state index is 13.4. The van der Waals surface area contributed by atoms with Crippen molar-refractivity contribution in [2.75, 3.05) is 20.6 Å². The predicted octanol–water partition coefficient (Wildman–Crippen LogP) is 2.04. The lowest BCUT2D eigenvalue weighted by Crippen LogP contribution is -2.27. The summed E-state index contributed by atoms with van der Waals surface area (Å²) < 4.78 is 13.4. The smallest absolute Gasteiger partial charge is 0.129 e. The molecule has 0 aliphatic heterocycles. The molecule has 0 saturated heterocycles. The monoisotopic (exact) mass is 216 g/mol. The highest BCUT2D eigenvalue weighted by Gasteiger charge is 2.15. The Labute approximate surface area is 88.5 Å². The maximum Gasteiger partial charge on any atom is 0.129 e. The van der Waals surface area contributed by atoms with E-state index in [9.17, 15) is 4.39 Å². The Hall–Kier alpha value is -0.640. The van der Waals surface area contributed by atoms with Crippen LogP contribution in [-0.2, 0) is 0 Å². The van der Waals surface area contributed by atoms with Crippen molar-refractivity contribution < 1.29 is 4.39 Å². The van der Waals surface area contributed by atoms with Crippen molar-refractivity contribution in [3.05, 3.63) is 34.6 Å². The van der Waals surface area contributed by atoms with Gasteiger partial charge in [-0.1, -0.05) is 17.7 Å². The van der Waals surface area contributed by atoms with Crippen LogP contribution >= 0.6 is 11.6 Å². The molecule has 0 saturated carbocycles. The molecule has 1 aromatic carbocycles. The summed E-state index contributed by atoms with van der Waals surface area (Å²) in [5.74, 6) is -0.341. The third-order valence-corrected chi connectivity index (χ3v) is 2.26. The summed E-state index contributed by atoms with van der Waals surface area (Å²) in [6.07, 6.45) is 0. The molecule has 4 heteroatoms. The Morgan fingerprint density at radius 1 is 1.50 bits per heavy atom. The van der Waals surface area contributed by atoms with E-state index in [1.165, 1.54) is 6.07 Å². The molecule has 0 aromatic heterocycles. The lowest BCUT2D eigenvalue weighted by atomic mass is 10.1. The van der Waals surface area contributed by atoms with Gasteiger partial charge >= 0.3 is 0 Å². The number of likely N-dealkylation sites (N-methyl/N-ethyl adjacent to an activating group) is 1. The lowest BCUT2D eigenvalue weighted by molar-refractivity contribution is 0.372. The fourth-order valence-corrected chi connectivity index (χ4v) is 1.65. The number of halogens is 2. The van der Waals surface area contributed by atoms with Crippen LogP contribution in [-0.4, -0.2) is 25.5 Å². The van der Waals surface area contributed by atoms with Gasteiger partial charge in [0.25, 0.3) is 0 Å². The molecule has 0 spiro atoms. The van der Waals surface area contributed by atoms with E-state index in [4.69, 9.17) is 17.3 Å². The van der Waals surface area contributed by atoms with Crippen LogP contribution in [0.15, 0.2) is 18.2 Å². The minimum absolute atomic E-state index is 0.341. The number of hydrogen-bond donors (Lipinski definition) is 1. The minimum Gasteiger partial charge on any atom is -0.323 e. The molecule has 0 radical (unpaired) electrons. The first-order valence-electron chi connectivity index (χ1n) is 4.36. The second-order valence-corrected chi connectivity index (χ2v) is 3.91. The first kappa shape index (κ1) is 11.4. The van der Waals surface area contributed by atoms with E-state index in [-0.39, 0.29) is 5.82 Å². The molecule has 14 heavy (non-hydrogen) atoms. The van der Waals surface area contributed by atoms with Gasteiger partial charge in [-0.3, -0.25) is 0 Å². The average molecular weight is 217 g/mol. The number of nitrogens with two attached hydrogens (primary N) is 1. The summed E-state index contributed by atoms with van der Waals surface area (Å²) in [4.78, 5) is 1.90. The van der Waals surface area contributed by atoms with Gasteiger partial charge in [0.05, 0.1) is 0 Å². The van der Waals surface area contributed by atoms with E-state index >= 15 is 0 Å². The van der Waals surface area contributed by atoms with E-state index in [0.717, 1.165) is 0 Å². The Morgan fingerprint density at radius 2 is 2.14 bits per heavy atom. The normalized spacial score (nSPS) is 13.3. The SMILES string of the molecule is CN(C)CC(N)c1c(F)cccc1Cl. The molecule has 2 N–H and O–H groups in total. The predicted molar refractivity (Wildman–Crippen MR) is 56.9 cm³/mol. The van der Waals surface area contributed by atoms with Gasteiger partial charge in [-0.25, -0.2) is 4.39 Å². The van der Waals surface area contributed by atoms with Gasteiger partial charge in [-0.2, -0.15) is 0 Å². The topological polar surface area (TPSA) is 29.3 Å². The summed E-state index contributed by atoms with van der Waals surface area (Å²) in [5, 5.41) is 0.388. The van der Waals surface area contributed by atoms with E-state index in [2.05, 4.69) is 0 Å². The van der Waals surface area contributed by atoms with Crippen LogP contribution in [0.2, 0.25) is 5.02 Å². The molecule has 1 unspecified atom stereocenters. The Bertz CT molecular complexity index is 295. The lowest BCUT2D eigenvalue weighted by Gasteiger charge is -2.18. The van der Waals surface area contributed by atoms with Gasteiger partial charge in [0.1, 0.15) is 5.82 Å². The molecule has 0 amide bonds. The van der Waals surface area contributed by atoms with Crippen LogP contribution < -0.4 is 5.73 Å². The zero-order valence-corrected chi connectivity index (χ0v) is 9.05. The summed E-state index contributed by atoms with van der Waals surface area (Å²) >= 11 is 5.87. The fraction of sp³-hybridized carbons (Fsp3) is 0.400. The third-order valence-electron chi connectivity index (χ3n) is 1.93. The van der Waals surface area contributed by atoms with E-state index < -0.39 is 6.04 Å². The van der Waals surface area contributed by atoms with Crippen molar-refractivity contribution in [3.8, 4) is 0 Å². The van der Waals surface area contributed by atoms with E-state index in [1.807, 2.05) is 19.0 Å².